The van der Waals surface area contributed by atoms with Gasteiger partial charge in [-0.05, 0) is 54.1 Å². The monoisotopic (exact) mass is 437 g/mol. The lowest BCUT2D eigenvalue weighted by Gasteiger charge is -2.13. The summed E-state index contributed by atoms with van der Waals surface area (Å²) in [6.45, 7) is 0. The molecule has 0 fully saturated rings. The summed E-state index contributed by atoms with van der Waals surface area (Å²) >= 11 is 1.50. The number of aromatic nitrogens is 3. The molecule has 0 radical (unpaired) electrons. The van der Waals surface area contributed by atoms with E-state index >= 15 is 0 Å². The normalized spacial score (nSPS) is 10.9. The Morgan fingerprint density at radius 1 is 0.812 bits per heavy atom. The molecular weight excluding hydrogens is 418 g/mol. The zero-order chi connectivity index (χ0) is 21.8. The first-order valence-corrected chi connectivity index (χ1v) is 11.1. The molecule has 3 aromatic carbocycles. The van der Waals surface area contributed by atoms with Crippen molar-refractivity contribution in [2.45, 2.75) is 10.9 Å². The molecule has 32 heavy (non-hydrogen) atoms. The van der Waals surface area contributed by atoms with Crippen LogP contribution in [0.1, 0.15) is 5.56 Å². The Labute approximate surface area is 189 Å². The number of ether oxygens (including phenoxy) is 1. The number of hydrogen-bond donors (Lipinski definition) is 0. The van der Waals surface area contributed by atoms with Gasteiger partial charge in [-0.25, -0.2) is 9.97 Å². The second kappa shape index (κ2) is 9.08. The number of thioether (sulfide) groups is 1. The van der Waals surface area contributed by atoms with Gasteiger partial charge >= 0.3 is 0 Å². The number of rotatable bonds is 6. The zero-order valence-corrected chi connectivity index (χ0v) is 17.9. The molecular formula is C26H19N3O2S. The van der Waals surface area contributed by atoms with Crippen LogP contribution < -0.4 is 10.3 Å². The van der Waals surface area contributed by atoms with Crippen LogP contribution in [0.15, 0.2) is 113 Å². The SMILES string of the molecule is O=c1c2cccnc2nc(SCc2cccc(Oc3ccccc3)c2)n1-c1ccccc1. The lowest BCUT2D eigenvalue weighted by Crippen LogP contribution is -2.22. The Bertz CT molecular complexity index is 1420. The van der Waals surface area contributed by atoms with E-state index in [0.29, 0.717) is 21.9 Å². The molecule has 0 bridgehead atoms. The average molecular weight is 438 g/mol. The maximum absolute atomic E-state index is 13.3. The molecule has 2 aromatic heterocycles. The fraction of sp³-hybridized carbons (Fsp3) is 0.0385. The maximum atomic E-state index is 13.3. The summed E-state index contributed by atoms with van der Waals surface area (Å²) < 4.78 is 7.60. The topological polar surface area (TPSA) is 57.0 Å². The molecule has 0 N–H and O–H groups in total. The number of fused-ring (bicyclic) bond motifs is 1. The van der Waals surface area contributed by atoms with E-state index in [9.17, 15) is 4.79 Å². The summed E-state index contributed by atoms with van der Waals surface area (Å²) in [5.41, 5.74) is 2.17. The lowest BCUT2D eigenvalue weighted by molar-refractivity contribution is 0.482. The Balaban J connectivity index is 1.47. The van der Waals surface area contributed by atoms with Crippen LogP contribution in [0.2, 0.25) is 0 Å². The van der Waals surface area contributed by atoms with Crippen LogP contribution in [0.3, 0.4) is 0 Å². The van der Waals surface area contributed by atoms with Crippen molar-refractivity contribution < 1.29 is 4.74 Å². The molecule has 0 aliphatic rings. The first-order valence-electron chi connectivity index (χ1n) is 10.2. The minimum Gasteiger partial charge on any atom is -0.457 e. The smallest absolute Gasteiger partial charge is 0.268 e. The third-order valence-corrected chi connectivity index (χ3v) is 5.88. The number of nitrogens with zero attached hydrogens (tertiary/aromatic N) is 3. The van der Waals surface area contributed by atoms with Crippen molar-refractivity contribution in [2.75, 3.05) is 0 Å². The lowest BCUT2D eigenvalue weighted by atomic mass is 10.2. The van der Waals surface area contributed by atoms with Crippen molar-refractivity contribution >= 4 is 22.8 Å². The number of para-hydroxylation sites is 2. The minimum absolute atomic E-state index is 0.127. The number of benzene rings is 3. The van der Waals surface area contributed by atoms with Gasteiger partial charge in [0, 0.05) is 11.9 Å². The van der Waals surface area contributed by atoms with Gasteiger partial charge in [-0.2, -0.15) is 0 Å². The van der Waals surface area contributed by atoms with Crippen molar-refractivity contribution in [1.29, 1.82) is 0 Å². The molecule has 0 amide bonds. The van der Waals surface area contributed by atoms with Crippen LogP contribution in [0.4, 0.5) is 0 Å². The van der Waals surface area contributed by atoms with Gasteiger partial charge in [0.25, 0.3) is 5.56 Å². The van der Waals surface area contributed by atoms with E-state index in [4.69, 9.17) is 9.72 Å². The molecule has 0 spiro atoms. The van der Waals surface area contributed by atoms with E-state index < -0.39 is 0 Å². The van der Waals surface area contributed by atoms with Gasteiger partial charge < -0.3 is 4.74 Å². The molecule has 0 saturated heterocycles. The van der Waals surface area contributed by atoms with Crippen LogP contribution in [-0.2, 0) is 5.75 Å². The molecule has 0 saturated carbocycles. The van der Waals surface area contributed by atoms with Gasteiger partial charge in [0.1, 0.15) is 11.5 Å². The van der Waals surface area contributed by atoms with Crippen LogP contribution in [0.5, 0.6) is 11.5 Å². The van der Waals surface area contributed by atoms with E-state index in [1.54, 1.807) is 22.9 Å². The van der Waals surface area contributed by atoms with Crippen LogP contribution in [0, 0.1) is 0 Å². The molecule has 0 atom stereocenters. The van der Waals surface area contributed by atoms with Crippen LogP contribution >= 0.6 is 11.8 Å². The third-order valence-electron chi connectivity index (χ3n) is 4.87. The van der Waals surface area contributed by atoms with Crippen LogP contribution in [0.25, 0.3) is 16.7 Å². The van der Waals surface area contributed by atoms with Crippen molar-refractivity contribution in [3.8, 4) is 17.2 Å². The molecule has 5 aromatic rings. The summed E-state index contributed by atoms with van der Waals surface area (Å²) in [5, 5.41) is 1.10. The van der Waals surface area contributed by atoms with Gasteiger partial charge in [0.15, 0.2) is 10.8 Å². The van der Waals surface area contributed by atoms with E-state index in [-0.39, 0.29) is 5.56 Å². The second-order valence-corrected chi connectivity index (χ2v) is 8.04. The second-order valence-electron chi connectivity index (χ2n) is 7.10. The molecule has 6 heteroatoms. The zero-order valence-electron chi connectivity index (χ0n) is 17.1. The molecule has 0 aliphatic carbocycles. The maximum Gasteiger partial charge on any atom is 0.268 e. The van der Waals surface area contributed by atoms with Gasteiger partial charge in [0.2, 0.25) is 0 Å². The Morgan fingerprint density at radius 2 is 1.56 bits per heavy atom. The third kappa shape index (κ3) is 4.26. The summed E-state index contributed by atoms with van der Waals surface area (Å²) in [5.74, 6) is 2.18. The predicted octanol–water partition coefficient (Wildman–Crippen LogP) is 5.87. The Hall–Kier alpha value is -3.90. The predicted molar refractivity (Wildman–Crippen MR) is 128 cm³/mol. The van der Waals surface area contributed by atoms with Crippen molar-refractivity contribution in [3.05, 3.63) is 119 Å². The minimum atomic E-state index is -0.127. The molecule has 5 rings (SSSR count). The highest BCUT2D eigenvalue weighted by molar-refractivity contribution is 7.98. The standard InChI is InChI=1S/C26H19N3O2S/c30-25-23-15-8-16-27-24(23)28-26(29(25)20-10-3-1-4-11-20)32-18-19-9-7-14-22(17-19)31-21-12-5-2-6-13-21/h1-17H,18H2. The number of pyridine rings is 1. The fourth-order valence-corrected chi connectivity index (χ4v) is 4.32. The molecule has 0 aliphatic heterocycles. The summed E-state index contributed by atoms with van der Waals surface area (Å²) in [6.07, 6.45) is 1.65. The van der Waals surface area contributed by atoms with Crippen LogP contribution in [-0.4, -0.2) is 14.5 Å². The Morgan fingerprint density at radius 3 is 2.38 bits per heavy atom. The van der Waals surface area contributed by atoms with E-state index in [1.165, 1.54) is 11.8 Å². The highest BCUT2D eigenvalue weighted by atomic mass is 32.2. The van der Waals surface area contributed by atoms with Gasteiger partial charge in [-0.1, -0.05) is 60.3 Å². The summed E-state index contributed by atoms with van der Waals surface area (Å²) in [4.78, 5) is 22.3. The van der Waals surface area contributed by atoms with E-state index in [0.717, 1.165) is 22.7 Å². The van der Waals surface area contributed by atoms with Crippen molar-refractivity contribution in [3.63, 3.8) is 0 Å². The number of hydrogen-bond acceptors (Lipinski definition) is 5. The highest BCUT2D eigenvalue weighted by Crippen LogP contribution is 2.27. The Kier molecular flexibility index (Phi) is 5.68. The van der Waals surface area contributed by atoms with E-state index in [1.807, 2.05) is 84.9 Å². The fourth-order valence-electron chi connectivity index (χ4n) is 3.37. The van der Waals surface area contributed by atoms with Crippen molar-refractivity contribution in [2.24, 2.45) is 0 Å². The largest absolute Gasteiger partial charge is 0.457 e. The van der Waals surface area contributed by atoms with Gasteiger partial charge in [0.05, 0.1) is 11.1 Å². The molecule has 0 unspecified atom stereocenters. The highest BCUT2D eigenvalue weighted by Gasteiger charge is 2.14. The molecule has 2 heterocycles. The average Bonchev–Trinajstić information content (AvgIpc) is 2.84. The molecule has 156 valence electrons. The first-order chi connectivity index (χ1) is 15.8. The quantitative estimate of drug-likeness (QED) is 0.246. The molecule has 5 nitrogen and oxygen atoms in total. The first kappa shape index (κ1) is 20.0. The summed E-state index contributed by atoms with van der Waals surface area (Å²) in [7, 11) is 0. The summed E-state index contributed by atoms with van der Waals surface area (Å²) in [6, 6.07) is 30.7. The van der Waals surface area contributed by atoms with Gasteiger partial charge in [-0.15, -0.1) is 0 Å². The van der Waals surface area contributed by atoms with Gasteiger partial charge in [-0.3, -0.25) is 9.36 Å². The van der Waals surface area contributed by atoms with Crippen molar-refractivity contribution in [1.82, 2.24) is 14.5 Å². The van der Waals surface area contributed by atoms with E-state index in [2.05, 4.69) is 4.98 Å².